The van der Waals surface area contributed by atoms with E-state index >= 15 is 0 Å². The number of hydrogen-bond donors (Lipinski definition) is 0. The van der Waals surface area contributed by atoms with E-state index in [1.54, 1.807) is 12.4 Å². The smallest absolute Gasteiger partial charge is 0.244 e. The minimum Gasteiger partial charge on any atom is -0.244 e. The minimum atomic E-state index is -6.13. The summed E-state index contributed by atoms with van der Waals surface area (Å²) < 4.78 is 341. The molecule has 0 fully saturated rings. The molecule has 0 unspecified atom stereocenters. The molecule has 0 aliphatic carbocycles. The monoisotopic (exact) mass is 1150 g/mol. The van der Waals surface area contributed by atoms with Gasteiger partial charge in [0.2, 0.25) is 3.79 Å². The summed E-state index contributed by atoms with van der Waals surface area (Å²) in [5.74, 6) is 0. The highest BCUT2D eigenvalue weighted by molar-refractivity contribution is 7.20. The van der Waals surface area contributed by atoms with Gasteiger partial charge >= 0.3 is 49.4 Å². The lowest BCUT2D eigenvalue weighted by atomic mass is 9.12. The van der Waals surface area contributed by atoms with Crippen molar-refractivity contribution >= 4 is 62.8 Å². The van der Waals surface area contributed by atoms with E-state index in [0.29, 0.717) is 5.69 Å². The van der Waals surface area contributed by atoms with Crippen molar-refractivity contribution in [2.45, 2.75) is 59.7 Å². The Labute approximate surface area is 414 Å². The molecule has 6 aromatic rings. The molecule has 0 radical (unpaired) electrons. The van der Waals surface area contributed by atoms with Crippen LogP contribution in [0.15, 0.2) is 122 Å². The number of aromatic nitrogens is 2. The molecule has 5 aromatic carbocycles. The molecule has 30 heteroatoms. The second kappa shape index (κ2) is 20.2. The highest BCUT2D eigenvalue weighted by atomic mass is 35.6. The van der Waals surface area contributed by atoms with Crippen molar-refractivity contribution in [3.8, 4) is 0 Å². The fourth-order valence-electron chi connectivity index (χ4n) is 7.54. The van der Waals surface area contributed by atoms with Gasteiger partial charge in [-0.1, -0.05) is 114 Å². The lowest BCUT2D eigenvalue weighted by molar-refractivity contribution is -0.689. The van der Waals surface area contributed by atoms with Gasteiger partial charge in [0.1, 0.15) is 6.15 Å². The highest BCUT2D eigenvalue weighted by Crippen LogP contribution is 2.42. The molecule has 0 aliphatic heterocycles. The van der Waals surface area contributed by atoms with Crippen molar-refractivity contribution in [3.63, 3.8) is 0 Å². The summed E-state index contributed by atoms with van der Waals surface area (Å²) in [7, 11) is 0. The Bertz CT molecular complexity index is 2530. The molecule has 0 atom stereocenters. The predicted octanol–water partition coefficient (Wildman–Crippen LogP) is 14.5. The number of rotatable bonds is 6. The van der Waals surface area contributed by atoms with Crippen molar-refractivity contribution in [3.05, 3.63) is 177 Å². The van der Waals surface area contributed by atoms with E-state index in [2.05, 4.69) is 4.98 Å². The van der Waals surface area contributed by atoms with Crippen molar-refractivity contribution in [2.24, 2.45) is 0 Å². The van der Waals surface area contributed by atoms with E-state index in [0.717, 1.165) is 6.54 Å². The van der Waals surface area contributed by atoms with E-state index in [9.17, 15) is 105 Å². The number of hydrogen-bond acceptors (Lipinski definition) is 1. The van der Waals surface area contributed by atoms with E-state index in [4.69, 9.17) is 34.8 Å². The third-order valence-corrected chi connectivity index (χ3v) is 11.3. The average Bonchev–Trinajstić information content (AvgIpc) is 3.24. The molecule has 1 heterocycles. The largest absolute Gasteiger partial charge is 0.416 e. The van der Waals surface area contributed by atoms with E-state index in [-0.39, 0.29) is 0 Å². The third kappa shape index (κ3) is 14.0. The van der Waals surface area contributed by atoms with Crippen LogP contribution in [0, 0.1) is 0 Å². The van der Waals surface area contributed by atoms with Gasteiger partial charge in [-0.05, 0) is 24.3 Å². The topological polar surface area (TPSA) is 16.8 Å². The Morgan fingerprint density at radius 2 is 0.608 bits per heavy atom. The van der Waals surface area contributed by atoms with Gasteiger partial charge in [0.05, 0.1) is 50.7 Å². The molecule has 0 spiro atoms. The standard InChI is InChI=1S/C32H12BF24.C12H10Cl3N2/c34-25(35,36)13-1-14(26(37,38)39)6-21(5-13)33(22-7-15(27(40,41)42)2-16(8-22)28(43,44)45,23-9-17(29(46,47)48)3-18(10-23)30(49,50)51)24-11-19(31(52,53)54)4-20(12-24)32(55,56)57;13-12(14,15)11-9-17(7-6-16-11)8-10-4-2-1-3-5-10/h1-12H;1-7,9H,8H2/q-1;+1. The van der Waals surface area contributed by atoms with Crippen LogP contribution in [-0.2, 0) is 59.7 Å². The maximum absolute atomic E-state index is 14.2. The third-order valence-electron chi connectivity index (χ3n) is 10.7. The fourth-order valence-corrected chi connectivity index (χ4v) is 7.84. The van der Waals surface area contributed by atoms with Crippen LogP contribution in [0.25, 0.3) is 0 Å². The van der Waals surface area contributed by atoms with Crippen LogP contribution < -0.4 is 26.4 Å². The summed E-state index contributed by atoms with van der Waals surface area (Å²) in [6, 6.07) is 1.24. The van der Waals surface area contributed by atoms with Crippen LogP contribution in [0.2, 0.25) is 0 Å². The molecule has 0 N–H and O–H groups in total. The number of alkyl halides is 27. The van der Waals surface area contributed by atoms with Gasteiger partial charge in [-0.2, -0.15) is 132 Å². The van der Waals surface area contributed by atoms with Gasteiger partial charge in [0.15, 0.2) is 24.6 Å². The van der Waals surface area contributed by atoms with Crippen LogP contribution >= 0.6 is 34.8 Å². The Hall–Kier alpha value is -5.57. The molecule has 74 heavy (non-hydrogen) atoms. The molecular weight excluding hydrogens is 1130 g/mol. The maximum Gasteiger partial charge on any atom is 0.416 e. The van der Waals surface area contributed by atoms with Crippen LogP contribution in [0.4, 0.5) is 105 Å². The molecule has 0 bridgehead atoms. The van der Waals surface area contributed by atoms with Crippen LogP contribution in [0.3, 0.4) is 0 Å². The number of benzene rings is 5. The Balaban J connectivity index is 0.000000500. The van der Waals surface area contributed by atoms with E-state index < -0.39 is 199 Å². The average molecular weight is 1150 g/mol. The predicted molar refractivity (Wildman–Crippen MR) is 219 cm³/mol. The van der Waals surface area contributed by atoms with Gasteiger partial charge in [0, 0.05) is 5.56 Å². The summed E-state index contributed by atoms with van der Waals surface area (Å²) in [6.07, 6.45) is -49.6. The van der Waals surface area contributed by atoms with Gasteiger partial charge < -0.3 is 0 Å². The molecule has 0 saturated carbocycles. The first kappa shape index (κ1) is 59.3. The van der Waals surface area contributed by atoms with Crippen LogP contribution in [0.5, 0.6) is 0 Å². The zero-order valence-electron chi connectivity index (χ0n) is 35.4. The van der Waals surface area contributed by atoms with Crippen molar-refractivity contribution in [2.75, 3.05) is 0 Å². The Morgan fingerprint density at radius 3 is 0.824 bits per heavy atom. The van der Waals surface area contributed by atoms with Gasteiger partial charge in [-0.3, -0.25) is 0 Å². The Kier molecular flexibility index (Phi) is 16.2. The van der Waals surface area contributed by atoms with Crippen LogP contribution in [-0.4, -0.2) is 11.1 Å². The summed E-state index contributed by atoms with van der Waals surface area (Å²) >= 11 is 17.4. The molecule has 0 aliphatic rings. The quantitative estimate of drug-likeness (QED) is 0.0703. The van der Waals surface area contributed by atoms with E-state index in [1.165, 1.54) is 5.56 Å². The zero-order valence-corrected chi connectivity index (χ0v) is 37.7. The van der Waals surface area contributed by atoms with Crippen LogP contribution in [0.1, 0.15) is 55.8 Å². The lowest BCUT2D eigenvalue weighted by Crippen LogP contribution is -2.75. The van der Waals surface area contributed by atoms with Crippen molar-refractivity contribution in [1.29, 1.82) is 0 Å². The van der Waals surface area contributed by atoms with Crippen molar-refractivity contribution in [1.82, 2.24) is 4.98 Å². The molecule has 0 saturated heterocycles. The maximum atomic E-state index is 14.2. The zero-order chi connectivity index (χ0) is 56.2. The van der Waals surface area contributed by atoms with Gasteiger partial charge in [-0.15, -0.1) is 0 Å². The minimum absolute atomic E-state index is 0.418. The summed E-state index contributed by atoms with van der Waals surface area (Å²) in [5.41, 5.74) is -28.6. The fraction of sp³-hybridized carbons (Fsp3) is 0.227. The molecule has 0 amide bonds. The van der Waals surface area contributed by atoms with E-state index in [1.807, 2.05) is 41.1 Å². The first-order valence-corrected chi connectivity index (χ1v) is 20.8. The molecule has 1 aromatic heterocycles. The molecule has 2 nitrogen and oxygen atoms in total. The van der Waals surface area contributed by atoms with Gasteiger partial charge in [-0.25, -0.2) is 4.98 Å². The normalized spacial score (nSPS) is 13.7. The second-order valence-corrected chi connectivity index (χ2v) is 18.1. The highest BCUT2D eigenvalue weighted by Gasteiger charge is 2.47. The first-order valence-electron chi connectivity index (χ1n) is 19.6. The summed E-state index contributed by atoms with van der Waals surface area (Å²) in [5, 5.41) is 0. The second-order valence-electron chi connectivity index (χ2n) is 15.8. The van der Waals surface area contributed by atoms with Gasteiger partial charge in [0.25, 0.3) is 0 Å². The summed E-state index contributed by atoms with van der Waals surface area (Å²) in [4.78, 5) is 4.04. The SMILES string of the molecule is ClC(Cl)(Cl)c1c[n+](Cc2ccccc2)ccn1.FC(F)(F)c1cc([B-](c2cc(C(F)(F)F)cc(C(F)(F)F)c2)(c2cc(C(F)(F)F)cc(C(F)(F)F)c2)c2cc(C(F)(F)F)cc(C(F)(F)F)c2)cc(C(F)(F)F)c1. The molecule has 6 rings (SSSR count). The molecule has 400 valence electrons. The molecular formula is C44H22BCl3F24N2. The van der Waals surface area contributed by atoms with Crippen molar-refractivity contribution < 1.29 is 110 Å². The lowest BCUT2D eigenvalue weighted by Gasteiger charge is -2.46. The number of halogens is 27. The Morgan fingerprint density at radius 1 is 0.365 bits per heavy atom. The first-order chi connectivity index (χ1) is 33.3. The summed E-state index contributed by atoms with van der Waals surface area (Å²) in [6.45, 7) is 0.719. The number of nitrogens with zero attached hydrogens (tertiary/aromatic N) is 2.